The first-order chi connectivity index (χ1) is 6.91. The van der Waals surface area contributed by atoms with Crippen molar-refractivity contribution >= 4 is 16.7 Å². The standard InChI is InChI=1S/C11H16N2OS/c1-9(10-6-5-7-12-8-10)13-15(14)11(2,3)4/h5-8H,1-4H3/t15-/m1/s1. The molecule has 0 unspecified atom stereocenters. The van der Waals surface area contributed by atoms with Crippen molar-refractivity contribution in [3.63, 3.8) is 0 Å². The lowest BCUT2D eigenvalue weighted by atomic mass is 10.2. The first-order valence-corrected chi connectivity index (χ1v) is 5.89. The van der Waals surface area contributed by atoms with Crippen LogP contribution in [0.4, 0.5) is 0 Å². The molecule has 1 aromatic heterocycles. The molecule has 1 aromatic rings. The zero-order valence-corrected chi connectivity index (χ0v) is 10.3. The molecule has 1 rings (SSSR count). The number of hydrogen-bond donors (Lipinski definition) is 0. The Morgan fingerprint density at radius 2 is 2.13 bits per heavy atom. The molecule has 0 aliphatic carbocycles. The molecule has 4 heteroatoms. The Morgan fingerprint density at radius 1 is 1.47 bits per heavy atom. The van der Waals surface area contributed by atoms with Gasteiger partial charge in [0.1, 0.15) is 11.0 Å². The Labute approximate surface area is 93.2 Å². The molecule has 0 bridgehead atoms. The van der Waals surface area contributed by atoms with Crippen LogP contribution >= 0.6 is 0 Å². The molecule has 0 saturated heterocycles. The van der Waals surface area contributed by atoms with Gasteiger partial charge in [0, 0.05) is 18.0 Å². The maximum absolute atomic E-state index is 11.8. The first kappa shape index (κ1) is 12.0. The lowest BCUT2D eigenvalue weighted by Gasteiger charge is -2.13. The molecule has 0 N–H and O–H groups in total. The minimum Gasteiger partial charge on any atom is -0.264 e. The number of pyridine rings is 1. The van der Waals surface area contributed by atoms with Crippen molar-refractivity contribution in [2.45, 2.75) is 32.4 Å². The van der Waals surface area contributed by atoms with Crippen molar-refractivity contribution in [3.8, 4) is 0 Å². The molecule has 3 nitrogen and oxygen atoms in total. The summed E-state index contributed by atoms with van der Waals surface area (Å²) in [7, 11) is -1.21. The van der Waals surface area contributed by atoms with Gasteiger partial charge in [0.15, 0.2) is 0 Å². The highest BCUT2D eigenvalue weighted by Crippen LogP contribution is 2.13. The van der Waals surface area contributed by atoms with E-state index < -0.39 is 11.0 Å². The average Bonchev–Trinajstić information content (AvgIpc) is 2.17. The van der Waals surface area contributed by atoms with E-state index in [2.05, 4.69) is 9.38 Å². The molecule has 0 fully saturated rings. The van der Waals surface area contributed by atoms with E-state index in [0.717, 1.165) is 11.3 Å². The quantitative estimate of drug-likeness (QED) is 0.724. The second-order valence-electron chi connectivity index (χ2n) is 4.28. The summed E-state index contributed by atoms with van der Waals surface area (Å²) in [6.45, 7) is 7.57. The number of hydrogen-bond acceptors (Lipinski definition) is 2. The van der Waals surface area contributed by atoms with Gasteiger partial charge in [0.05, 0.1) is 10.5 Å². The highest BCUT2D eigenvalue weighted by molar-refractivity contribution is 7.85. The highest BCUT2D eigenvalue weighted by atomic mass is 32.2. The van der Waals surface area contributed by atoms with Gasteiger partial charge >= 0.3 is 0 Å². The van der Waals surface area contributed by atoms with Crippen LogP contribution in [0, 0.1) is 0 Å². The normalized spacial score (nSPS) is 15.1. The van der Waals surface area contributed by atoms with Gasteiger partial charge in [-0.25, -0.2) is 4.21 Å². The molecular weight excluding hydrogens is 208 g/mol. The number of aromatic nitrogens is 1. The molecule has 0 saturated carbocycles. The highest BCUT2D eigenvalue weighted by Gasteiger charge is 2.19. The molecule has 0 aliphatic heterocycles. The largest absolute Gasteiger partial charge is 0.264 e. The summed E-state index contributed by atoms with van der Waals surface area (Å²) in [5.41, 5.74) is 1.67. The Hall–Kier alpha value is -1.03. The fourth-order valence-electron chi connectivity index (χ4n) is 0.891. The first-order valence-electron chi connectivity index (χ1n) is 4.79. The van der Waals surface area contributed by atoms with Crippen LogP contribution < -0.4 is 0 Å². The van der Waals surface area contributed by atoms with E-state index >= 15 is 0 Å². The zero-order chi connectivity index (χ0) is 11.5. The van der Waals surface area contributed by atoms with Crippen LogP contribution in [0.15, 0.2) is 28.9 Å². The van der Waals surface area contributed by atoms with Gasteiger partial charge in [-0.05, 0) is 33.8 Å². The maximum atomic E-state index is 11.8. The predicted octanol–water partition coefficient (Wildman–Crippen LogP) is 2.35. The van der Waals surface area contributed by atoms with Crippen molar-refractivity contribution in [1.82, 2.24) is 4.98 Å². The minimum absolute atomic E-state index is 0.316. The SMILES string of the molecule is CC(=N[S@](=O)C(C)(C)C)c1cccnc1. The van der Waals surface area contributed by atoms with Gasteiger partial charge in [-0.3, -0.25) is 4.98 Å². The van der Waals surface area contributed by atoms with Crippen LogP contribution in [0.5, 0.6) is 0 Å². The molecule has 0 aromatic carbocycles. The van der Waals surface area contributed by atoms with E-state index in [1.807, 2.05) is 39.8 Å². The van der Waals surface area contributed by atoms with Crippen LogP contribution in [0.1, 0.15) is 33.3 Å². The summed E-state index contributed by atoms with van der Waals surface area (Å²) >= 11 is 0. The molecule has 15 heavy (non-hydrogen) atoms. The third-order valence-corrected chi connectivity index (χ3v) is 3.31. The number of rotatable bonds is 2. The van der Waals surface area contributed by atoms with E-state index in [0.29, 0.717) is 0 Å². The third kappa shape index (κ3) is 3.55. The van der Waals surface area contributed by atoms with Gasteiger partial charge in [-0.1, -0.05) is 6.07 Å². The van der Waals surface area contributed by atoms with E-state index in [1.165, 1.54) is 0 Å². The zero-order valence-electron chi connectivity index (χ0n) is 9.52. The summed E-state index contributed by atoms with van der Waals surface area (Å²) in [5, 5.41) is 0. The second-order valence-corrected chi connectivity index (χ2v) is 6.19. The van der Waals surface area contributed by atoms with Crippen molar-refractivity contribution in [2.75, 3.05) is 0 Å². The van der Waals surface area contributed by atoms with Gasteiger partial charge < -0.3 is 0 Å². The number of nitrogens with zero attached hydrogens (tertiary/aromatic N) is 2. The van der Waals surface area contributed by atoms with Crippen molar-refractivity contribution in [3.05, 3.63) is 30.1 Å². The van der Waals surface area contributed by atoms with Crippen LogP contribution in [0.25, 0.3) is 0 Å². The van der Waals surface area contributed by atoms with Crippen molar-refractivity contribution in [1.29, 1.82) is 0 Å². The molecule has 0 amide bonds. The van der Waals surface area contributed by atoms with Crippen LogP contribution in [0.3, 0.4) is 0 Å². The molecular formula is C11H16N2OS. The van der Waals surface area contributed by atoms with E-state index in [1.54, 1.807) is 12.4 Å². The van der Waals surface area contributed by atoms with Crippen LogP contribution in [0.2, 0.25) is 0 Å². The summed E-state index contributed by atoms with van der Waals surface area (Å²) in [5.74, 6) is 0. The molecule has 0 spiro atoms. The van der Waals surface area contributed by atoms with E-state index in [-0.39, 0.29) is 4.75 Å². The van der Waals surface area contributed by atoms with Gasteiger partial charge in [0.25, 0.3) is 0 Å². The average molecular weight is 224 g/mol. The summed E-state index contributed by atoms with van der Waals surface area (Å²) in [6.07, 6.45) is 3.43. The monoisotopic (exact) mass is 224 g/mol. The van der Waals surface area contributed by atoms with Crippen molar-refractivity contribution < 1.29 is 4.21 Å². The summed E-state index contributed by atoms with van der Waals surface area (Å²) in [4.78, 5) is 4.00. The van der Waals surface area contributed by atoms with Gasteiger partial charge in [0.2, 0.25) is 0 Å². The second kappa shape index (κ2) is 4.66. The fraction of sp³-hybridized carbons (Fsp3) is 0.455. The van der Waals surface area contributed by atoms with Crippen molar-refractivity contribution in [2.24, 2.45) is 4.40 Å². The Kier molecular flexibility index (Phi) is 3.74. The molecule has 1 heterocycles. The van der Waals surface area contributed by atoms with Gasteiger partial charge in [-0.15, -0.1) is 0 Å². The molecule has 82 valence electrons. The topological polar surface area (TPSA) is 42.3 Å². The fourth-order valence-corrected chi connectivity index (χ4v) is 1.52. The lowest BCUT2D eigenvalue weighted by Crippen LogP contribution is -2.20. The predicted molar refractivity (Wildman–Crippen MR) is 64.3 cm³/mol. The minimum atomic E-state index is -1.21. The maximum Gasteiger partial charge on any atom is 0.145 e. The molecule has 0 aliphatic rings. The Balaban J connectivity index is 2.91. The van der Waals surface area contributed by atoms with E-state index in [9.17, 15) is 4.21 Å². The smallest absolute Gasteiger partial charge is 0.145 e. The third-order valence-electron chi connectivity index (χ3n) is 1.82. The summed E-state index contributed by atoms with van der Waals surface area (Å²) in [6, 6.07) is 3.75. The van der Waals surface area contributed by atoms with Gasteiger partial charge in [-0.2, -0.15) is 4.40 Å². The molecule has 0 radical (unpaired) electrons. The molecule has 1 atom stereocenters. The van der Waals surface area contributed by atoms with Crippen LogP contribution in [-0.4, -0.2) is 19.7 Å². The lowest BCUT2D eigenvalue weighted by molar-refractivity contribution is 0.650. The van der Waals surface area contributed by atoms with Crippen LogP contribution in [-0.2, 0) is 11.0 Å². The Bertz CT molecular complexity index is 379. The van der Waals surface area contributed by atoms with E-state index in [4.69, 9.17) is 0 Å². The Morgan fingerprint density at radius 3 is 2.60 bits per heavy atom. The summed E-state index contributed by atoms with van der Waals surface area (Å²) < 4.78 is 15.6.